The normalized spacial score (nSPS) is 11.8. The van der Waals surface area contributed by atoms with Crippen molar-refractivity contribution in [3.63, 3.8) is 0 Å². The molecule has 0 heterocycles. The standard InChI is InChI=1S/C14H23NS/c1-14(2,3)13-7-5-12(6-8-13)11-15-9-4-10-16/h5-8,15-16H,4,9-11H2,1-3H3. The van der Waals surface area contributed by atoms with Gasteiger partial charge in [-0.2, -0.15) is 12.6 Å². The lowest BCUT2D eigenvalue weighted by Gasteiger charge is -2.19. The van der Waals surface area contributed by atoms with Gasteiger partial charge < -0.3 is 5.32 Å². The van der Waals surface area contributed by atoms with Crippen molar-refractivity contribution >= 4 is 12.6 Å². The van der Waals surface area contributed by atoms with Crippen LogP contribution in [0.4, 0.5) is 0 Å². The molecule has 1 nitrogen and oxygen atoms in total. The summed E-state index contributed by atoms with van der Waals surface area (Å²) in [6.07, 6.45) is 1.13. The zero-order valence-corrected chi connectivity index (χ0v) is 11.5. The molecule has 0 spiro atoms. The van der Waals surface area contributed by atoms with Gasteiger partial charge in [0.15, 0.2) is 0 Å². The highest BCUT2D eigenvalue weighted by Gasteiger charge is 2.12. The topological polar surface area (TPSA) is 12.0 Å². The molecule has 0 amide bonds. The Morgan fingerprint density at radius 3 is 2.25 bits per heavy atom. The van der Waals surface area contributed by atoms with Crippen LogP contribution >= 0.6 is 12.6 Å². The van der Waals surface area contributed by atoms with E-state index in [9.17, 15) is 0 Å². The van der Waals surface area contributed by atoms with Crippen molar-refractivity contribution in [1.29, 1.82) is 0 Å². The van der Waals surface area contributed by atoms with Crippen molar-refractivity contribution < 1.29 is 0 Å². The van der Waals surface area contributed by atoms with Gasteiger partial charge in [-0.25, -0.2) is 0 Å². The van der Waals surface area contributed by atoms with E-state index < -0.39 is 0 Å². The molecule has 0 radical (unpaired) electrons. The van der Waals surface area contributed by atoms with E-state index in [0.717, 1.165) is 25.3 Å². The molecule has 1 N–H and O–H groups in total. The Morgan fingerprint density at radius 1 is 1.12 bits per heavy atom. The average Bonchev–Trinajstić information content (AvgIpc) is 2.24. The third kappa shape index (κ3) is 4.58. The lowest BCUT2D eigenvalue weighted by Crippen LogP contribution is -2.15. The molecule has 0 atom stereocenters. The average molecular weight is 237 g/mol. The Morgan fingerprint density at radius 2 is 1.75 bits per heavy atom. The first kappa shape index (κ1) is 13.6. The van der Waals surface area contributed by atoms with Crippen LogP contribution in [0.25, 0.3) is 0 Å². The summed E-state index contributed by atoms with van der Waals surface area (Å²) < 4.78 is 0. The molecule has 0 bridgehead atoms. The molecule has 16 heavy (non-hydrogen) atoms. The molecule has 1 aromatic carbocycles. The van der Waals surface area contributed by atoms with Crippen molar-refractivity contribution in [2.75, 3.05) is 12.3 Å². The molecular weight excluding hydrogens is 214 g/mol. The Kier molecular flexibility index (Phi) is 5.36. The fourth-order valence-electron chi connectivity index (χ4n) is 1.56. The zero-order chi connectivity index (χ0) is 12.0. The third-order valence-corrected chi connectivity index (χ3v) is 2.98. The van der Waals surface area contributed by atoms with Gasteiger partial charge in [0.2, 0.25) is 0 Å². The van der Waals surface area contributed by atoms with Gasteiger partial charge in [0.05, 0.1) is 0 Å². The van der Waals surface area contributed by atoms with Crippen molar-refractivity contribution in [2.45, 2.75) is 39.2 Å². The molecular formula is C14H23NS. The fraction of sp³-hybridized carbons (Fsp3) is 0.571. The second-order valence-electron chi connectivity index (χ2n) is 5.20. The van der Waals surface area contributed by atoms with Crippen molar-refractivity contribution in [3.05, 3.63) is 35.4 Å². The molecule has 0 saturated carbocycles. The van der Waals surface area contributed by atoms with Gasteiger partial charge in [-0.15, -0.1) is 0 Å². The molecule has 0 aliphatic carbocycles. The molecule has 2 heteroatoms. The Hall–Kier alpha value is -0.470. The monoisotopic (exact) mass is 237 g/mol. The van der Waals surface area contributed by atoms with Gasteiger partial charge in [-0.1, -0.05) is 45.0 Å². The van der Waals surface area contributed by atoms with Crippen molar-refractivity contribution in [2.24, 2.45) is 0 Å². The summed E-state index contributed by atoms with van der Waals surface area (Å²) in [6, 6.07) is 8.90. The number of rotatable bonds is 5. The van der Waals surface area contributed by atoms with Crippen LogP contribution in [0.1, 0.15) is 38.3 Å². The van der Waals surface area contributed by atoms with Crippen LogP contribution in [0.15, 0.2) is 24.3 Å². The minimum atomic E-state index is 0.248. The number of thiol groups is 1. The summed E-state index contributed by atoms with van der Waals surface area (Å²) >= 11 is 4.19. The van der Waals surface area contributed by atoms with E-state index in [4.69, 9.17) is 0 Å². The van der Waals surface area contributed by atoms with Gasteiger partial charge in [0.1, 0.15) is 0 Å². The van der Waals surface area contributed by atoms with E-state index in [1.807, 2.05) is 0 Å². The second-order valence-corrected chi connectivity index (χ2v) is 5.65. The highest BCUT2D eigenvalue weighted by molar-refractivity contribution is 7.80. The van der Waals surface area contributed by atoms with Crippen LogP contribution in [0.3, 0.4) is 0 Å². The molecule has 0 aromatic heterocycles. The SMILES string of the molecule is CC(C)(C)c1ccc(CNCCCS)cc1. The van der Waals surface area contributed by atoms with E-state index in [1.54, 1.807) is 0 Å². The van der Waals surface area contributed by atoms with Gasteiger partial charge in [-0.05, 0) is 35.3 Å². The molecule has 1 rings (SSSR count). The maximum atomic E-state index is 4.19. The molecule has 90 valence electrons. The molecule has 0 aliphatic heterocycles. The lowest BCUT2D eigenvalue weighted by molar-refractivity contribution is 0.589. The first-order chi connectivity index (χ1) is 7.54. The largest absolute Gasteiger partial charge is 0.313 e. The third-order valence-electron chi connectivity index (χ3n) is 2.66. The summed E-state index contributed by atoms with van der Waals surface area (Å²) in [5.41, 5.74) is 3.00. The second kappa shape index (κ2) is 6.31. The van der Waals surface area contributed by atoms with Crippen LogP contribution in [0.2, 0.25) is 0 Å². The predicted molar refractivity (Wildman–Crippen MR) is 75.3 cm³/mol. The van der Waals surface area contributed by atoms with Crippen LogP contribution in [-0.2, 0) is 12.0 Å². The van der Waals surface area contributed by atoms with E-state index in [1.165, 1.54) is 11.1 Å². The van der Waals surface area contributed by atoms with Crippen LogP contribution < -0.4 is 5.32 Å². The number of benzene rings is 1. The fourth-order valence-corrected chi connectivity index (χ4v) is 1.72. The lowest BCUT2D eigenvalue weighted by atomic mass is 9.87. The summed E-state index contributed by atoms with van der Waals surface area (Å²) in [5, 5.41) is 3.41. The minimum absolute atomic E-state index is 0.248. The van der Waals surface area contributed by atoms with Crippen LogP contribution in [-0.4, -0.2) is 12.3 Å². The highest BCUT2D eigenvalue weighted by Crippen LogP contribution is 2.21. The van der Waals surface area contributed by atoms with Gasteiger partial charge in [-0.3, -0.25) is 0 Å². The number of hydrogen-bond donors (Lipinski definition) is 2. The highest BCUT2D eigenvalue weighted by atomic mass is 32.1. The first-order valence-corrected chi connectivity index (χ1v) is 6.58. The quantitative estimate of drug-likeness (QED) is 0.591. The predicted octanol–water partition coefficient (Wildman–Crippen LogP) is 3.39. The molecule has 0 unspecified atom stereocenters. The Bertz CT molecular complexity index is 298. The number of nitrogens with one attached hydrogen (secondary N) is 1. The van der Waals surface area contributed by atoms with E-state index in [0.29, 0.717) is 0 Å². The zero-order valence-electron chi connectivity index (χ0n) is 10.6. The van der Waals surface area contributed by atoms with Crippen molar-refractivity contribution in [3.8, 4) is 0 Å². The Labute approximate surface area is 105 Å². The Balaban J connectivity index is 2.46. The van der Waals surface area contributed by atoms with Crippen LogP contribution in [0.5, 0.6) is 0 Å². The maximum Gasteiger partial charge on any atom is 0.0205 e. The summed E-state index contributed by atoms with van der Waals surface area (Å²) in [4.78, 5) is 0. The first-order valence-electron chi connectivity index (χ1n) is 5.95. The number of hydrogen-bond acceptors (Lipinski definition) is 2. The van der Waals surface area contributed by atoms with Gasteiger partial charge in [0.25, 0.3) is 0 Å². The summed E-state index contributed by atoms with van der Waals surface area (Å²) in [5.74, 6) is 0.954. The van der Waals surface area contributed by atoms with E-state index in [-0.39, 0.29) is 5.41 Å². The maximum absolute atomic E-state index is 4.19. The van der Waals surface area contributed by atoms with E-state index in [2.05, 4.69) is 63.0 Å². The molecule has 0 aliphatic rings. The molecule has 0 saturated heterocycles. The van der Waals surface area contributed by atoms with E-state index >= 15 is 0 Å². The minimum Gasteiger partial charge on any atom is -0.313 e. The summed E-state index contributed by atoms with van der Waals surface area (Å²) in [7, 11) is 0. The summed E-state index contributed by atoms with van der Waals surface area (Å²) in [6.45, 7) is 8.73. The van der Waals surface area contributed by atoms with Crippen molar-refractivity contribution in [1.82, 2.24) is 5.32 Å². The molecule has 0 fully saturated rings. The smallest absolute Gasteiger partial charge is 0.0205 e. The van der Waals surface area contributed by atoms with Crippen LogP contribution in [0, 0.1) is 0 Å². The van der Waals surface area contributed by atoms with Gasteiger partial charge >= 0.3 is 0 Å². The van der Waals surface area contributed by atoms with Gasteiger partial charge in [0, 0.05) is 6.54 Å². The molecule has 1 aromatic rings.